The Kier molecular flexibility index (Phi) is 7.93. The maximum atomic E-state index is 11.5. The van der Waals surface area contributed by atoms with Gasteiger partial charge in [0.25, 0.3) is 0 Å². The van der Waals surface area contributed by atoms with Crippen LogP contribution in [0.1, 0.15) is 20.8 Å². The van der Waals surface area contributed by atoms with Gasteiger partial charge in [0, 0.05) is 27.9 Å². The van der Waals surface area contributed by atoms with Gasteiger partial charge in [-0.05, 0) is 12.2 Å². The molecule has 0 aromatic carbocycles. The molecular weight excluding hydrogens is 342 g/mol. The van der Waals surface area contributed by atoms with E-state index in [0.29, 0.717) is 0 Å². The Morgan fingerprint density at radius 1 is 1.00 bits per heavy atom. The van der Waals surface area contributed by atoms with Gasteiger partial charge in [-0.1, -0.05) is 0 Å². The summed E-state index contributed by atoms with van der Waals surface area (Å²) in [7, 11) is 1.33. The molecule has 5 atom stereocenters. The molecule has 0 bridgehead atoms. The smallest absolute Gasteiger partial charge is 0.303 e. The number of thiocarbonyl (C=S) groups is 1. The second-order valence-corrected chi connectivity index (χ2v) is 5.12. The Morgan fingerprint density at radius 2 is 1.50 bits per heavy atom. The number of hydrogen-bond donors (Lipinski definition) is 0. The number of hydrogen-bond acceptors (Lipinski definition) is 10. The lowest BCUT2D eigenvalue weighted by molar-refractivity contribution is -0.296. The SMILES string of the molecule is CO[C@H]1OC(CN=C=S)[C@@H](OC(C)=O)C(OC(C)=O)C1OC(C)=O. The summed E-state index contributed by atoms with van der Waals surface area (Å²) < 4.78 is 26.4. The first-order chi connectivity index (χ1) is 11.3. The molecule has 0 saturated carbocycles. The number of methoxy groups -OCH3 is 1. The van der Waals surface area contributed by atoms with Crippen molar-refractivity contribution >= 4 is 35.3 Å². The van der Waals surface area contributed by atoms with E-state index in [-0.39, 0.29) is 6.54 Å². The van der Waals surface area contributed by atoms with E-state index in [2.05, 4.69) is 22.4 Å². The summed E-state index contributed by atoms with van der Waals surface area (Å²) in [5, 5.41) is 2.17. The van der Waals surface area contributed by atoms with Crippen LogP contribution in [0.5, 0.6) is 0 Å². The summed E-state index contributed by atoms with van der Waals surface area (Å²) >= 11 is 4.52. The van der Waals surface area contributed by atoms with Crippen molar-refractivity contribution < 1.29 is 38.1 Å². The van der Waals surface area contributed by atoms with Crippen molar-refractivity contribution in [1.82, 2.24) is 0 Å². The average molecular weight is 361 g/mol. The normalized spacial score (nSPS) is 29.1. The minimum atomic E-state index is -1.13. The van der Waals surface area contributed by atoms with Crippen LogP contribution in [0.3, 0.4) is 0 Å². The maximum Gasteiger partial charge on any atom is 0.303 e. The fraction of sp³-hybridized carbons (Fsp3) is 0.714. The quantitative estimate of drug-likeness (QED) is 0.285. The molecule has 0 radical (unpaired) electrons. The van der Waals surface area contributed by atoms with Crippen LogP contribution in [0.25, 0.3) is 0 Å². The van der Waals surface area contributed by atoms with Crippen LogP contribution >= 0.6 is 12.2 Å². The minimum absolute atomic E-state index is 0.00807. The van der Waals surface area contributed by atoms with Crippen LogP contribution < -0.4 is 0 Å². The van der Waals surface area contributed by atoms with Gasteiger partial charge < -0.3 is 23.7 Å². The topological polar surface area (TPSA) is 110 Å². The van der Waals surface area contributed by atoms with E-state index in [0.717, 1.165) is 0 Å². The van der Waals surface area contributed by atoms with Crippen LogP contribution in [0, 0.1) is 0 Å². The predicted octanol–water partition coefficient (Wildman–Crippen LogP) is 0.256. The molecule has 0 aromatic rings. The highest BCUT2D eigenvalue weighted by Crippen LogP contribution is 2.29. The summed E-state index contributed by atoms with van der Waals surface area (Å²) in [5.74, 6) is -1.92. The number of aliphatic imine (C=N–C) groups is 1. The van der Waals surface area contributed by atoms with Crippen LogP contribution in [0.4, 0.5) is 0 Å². The largest absolute Gasteiger partial charge is 0.456 e. The summed E-state index contributed by atoms with van der Waals surface area (Å²) in [4.78, 5) is 38.0. The lowest BCUT2D eigenvalue weighted by Gasteiger charge is -2.43. The highest BCUT2D eigenvalue weighted by molar-refractivity contribution is 7.78. The van der Waals surface area contributed by atoms with Crippen molar-refractivity contribution in [2.75, 3.05) is 13.7 Å². The fourth-order valence-electron chi connectivity index (χ4n) is 2.32. The van der Waals surface area contributed by atoms with Crippen LogP contribution in [-0.2, 0) is 38.1 Å². The van der Waals surface area contributed by atoms with Gasteiger partial charge >= 0.3 is 17.9 Å². The van der Waals surface area contributed by atoms with E-state index < -0.39 is 48.6 Å². The molecule has 1 fully saturated rings. The van der Waals surface area contributed by atoms with E-state index in [4.69, 9.17) is 23.7 Å². The lowest BCUT2D eigenvalue weighted by Crippen LogP contribution is -2.62. The molecule has 3 unspecified atom stereocenters. The van der Waals surface area contributed by atoms with Gasteiger partial charge in [0.15, 0.2) is 24.6 Å². The molecule has 9 nitrogen and oxygen atoms in total. The molecule has 1 saturated heterocycles. The molecule has 0 N–H and O–H groups in total. The van der Waals surface area contributed by atoms with Gasteiger partial charge in [-0.2, -0.15) is 0 Å². The minimum Gasteiger partial charge on any atom is -0.456 e. The third kappa shape index (κ3) is 5.64. The van der Waals surface area contributed by atoms with Crippen LogP contribution in [-0.4, -0.2) is 67.4 Å². The Labute approximate surface area is 144 Å². The maximum absolute atomic E-state index is 11.5. The third-order valence-electron chi connectivity index (χ3n) is 3.07. The zero-order valence-corrected chi connectivity index (χ0v) is 14.5. The first-order valence-electron chi connectivity index (χ1n) is 7.03. The van der Waals surface area contributed by atoms with Gasteiger partial charge in [0.2, 0.25) is 0 Å². The van der Waals surface area contributed by atoms with Crippen LogP contribution in [0.2, 0.25) is 0 Å². The number of isothiocyanates is 1. The van der Waals surface area contributed by atoms with Gasteiger partial charge in [-0.25, -0.2) is 4.99 Å². The number of ether oxygens (including phenoxy) is 5. The Morgan fingerprint density at radius 3 is 1.96 bits per heavy atom. The average Bonchev–Trinajstić information content (AvgIpc) is 2.48. The van der Waals surface area contributed by atoms with Crippen LogP contribution in [0.15, 0.2) is 4.99 Å². The summed E-state index contributed by atoms with van der Waals surface area (Å²) in [6.45, 7) is 3.54. The second kappa shape index (κ2) is 9.43. The molecule has 1 rings (SSSR count). The molecule has 0 aliphatic carbocycles. The van der Waals surface area contributed by atoms with E-state index in [1.54, 1.807) is 0 Å². The van der Waals surface area contributed by atoms with E-state index in [1.807, 2.05) is 0 Å². The standard InChI is InChI=1S/C14H19NO8S/c1-7(16)20-11-10(5-15-6-24)23-14(19-4)13(22-9(3)18)12(11)21-8(2)17/h10-14H,5H2,1-4H3/t10?,11-,12?,13?,14+/m1/s1. The first-order valence-corrected chi connectivity index (χ1v) is 7.44. The predicted molar refractivity (Wildman–Crippen MR) is 82.2 cm³/mol. The highest BCUT2D eigenvalue weighted by atomic mass is 32.1. The monoisotopic (exact) mass is 361 g/mol. The molecule has 0 aromatic heterocycles. The lowest BCUT2D eigenvalue weighted by atomic mass is 9.97. The van der Waals surface area contributed by atoms with Crippen molar-refractivity contribution in [1.29, 1.82) is 0 Å². The molecule has 10 heteroatoms. The molecule has 1 heterocycles. The number of carbonyl (C=O) groups excluding carboxylic acids is 3. The molecule has 0 spiro atoms. The molecule has 1 aliphatic heterocycles. The summed E-state index contributed by atoms with van der Waals surface area (Å²) in [6.07, 6.45) is -5.18. The molecule has 1 aliphatic rings. The second-order valence-electron chi connectivity index (χ2n) is 4.93. The molecule has 24 heavy (non-hydrogen) atoms. The van der Waals surface area contributed by atoms with Crippen molar-refractivity contribution in [2.24, 2.45) is 4.99 Å². The van der Waals surface area contributed by atoms with E-state index in [1.165, 1.54) is 27.9 Å². The summed E-state index contributed by atoms with van der Waals surface area (Å²) in [5.41, 5.74) is 0. The Balaban J connectivity index is 3.22. The highest BCUT2D eigenvalue weighted by Gasteiger charge is 2.52. The number of carbonyl (C=O) groups is 3. The molecular formula is C14H19NO8S. The summed E-state index contributed by atoms with van der Waals surface area (Å²) in [6, 6.07) is 0. The Bertz CT molecular complexity index is 533. The van der Waals surface area contributed by atoms with Gasteiger partial charge in [-0.3, -0.25) is 14.4 Å². The first kappa shape index (κ1) is 20.2. The Hall–Kier alpha value is -1.87. The third-order valence-corrected chi connectivity index (χ3v) is 3.19. The fourth-order valence-corrected chi connectivity index (χ4v) is 2.39. The zero-order valence-electron chi connectivity index (χ0n) is 13.7. The molecule has 134 valence electrons. The number of esters is 3. The number of rotatable bonds is 6. The van der Waals surface area contributed by atoms with E-state index in [9.17, 15) is 14.4 Å². The van der Waals surface area contributed by atoms with Gasteiger partial charge in [-0.15, -0.1) is 0 Å². The molecule has 0 amide bonds. The zero-order chi connectivity index (χ0) is 18.3. The van der Waals surface area contributed by atoms with Gasteiger partial charge in [0.1, 0.15) is 6.10 Å². The van der Waals surface area contributed by atoms with Crippen molar-refractivity contribution in [2.45, 2.75) is 51.5 Å². The number of nitrogens with zero attached hydrogens (tertiary/aromatic N) is 1. The van der Waals surface area contributed by atoms with Gasteiger partial charge in [0.05, 0.1) is 11.7 Å². The van der Waals surface area contributed by atoms with Crippen molar-refractivity contribution in [3.8, 4) is 0 Å². The van der Waals surface area contributed by atoms with E-state index >= 15 is 0 Å². The van der Waals surface area contributed by atoms with Crippen molar-refractivity contribution in [3.63, 3.8) is 0 Å². The van der Waals surface area contributed by atoms with Crippen molar-refractivity contribution in [3.05, 3.63) is 0 Å².